The van der Waals surface area contributed by atoms with Crippen molar-refractivity contribution in [2.45, 2.75) is 13.3 Å². The average molecular weight is 158 g/mol. The van der Waals surface area contributed by atoms with Gasteiger partial charge in [0.2, 0.25) is 0 Å². The molecule has 1 unspecified atom stereocenters. The summed E-state index contributed by atoms with van der Waals surface area (Å²) in [5, 5.41) is 8.73. The zero-order valence-electron chi connectivity index (χ0n) is 6.75. The highest BCUT2D eigenvalue weighted by Crippen LogP contribution is 2.02. The summed E-state index contributed by atoms with van der Waals surface area (Å²) in [7, 11) is 0. The third-order valence-corrected chi connectivity index (χ3v) is 1.28. The number of carbonyl (C=O) groups is 1. The molecule has 3 heteroatoms. The number of aliphatic hydroxyl groups is 1. The third kappa shape index (κ3) is 5.61. The lowest BCUT2D eigenvalue weighted by atomic mass is 10.1. The van der Waals surface area contributed by atoms with Gasteiger partial charge in [-0.1, -0.05) is 6.08 Å². The van der Waals surface area contributed by atoms with Gasteiger partial charge < -0.3 is 9.84 Å². The summed E-state index contributed by atoms with van der Waals surface area (Å²) < 4.78 is 4.70. The summed E-state index contributed by atoms with van der Waals surface area (Å²) in [6, 6.07) is 0. The number of esters is 1. The van der Waals surface area contributed by atoms with E-state index in [1.807, 2.05) is 0 Å². The molecule has 0 saturated carbocycles. The normalized spacial score (nSPS) is 12.2. The van der Waals surface area contributed by atoms with E-state index in [2.05, 4.69) is 6.58 Å². The first-order valence-electron chi connectivity index (χ1n) is 3.55. The van der Waals surface area contributed by atoms with Crippen LogP contribution in [0.25, 0.3) is 0 Å². The number of ether oxygens (including phenoxy) is 1. The molecule has 0 fully saturated rings. The van der Waals surface area contributed by atoms with Gasteiger partial charge in [-0.05, 0) is 6.42 Å². The SMILES string of the molecule is C=CCC(CO)COC(C)=O. The Kier molecular flexibility index (Phi) is 5.47. The Morgan fingerprint density at radius 3 is 2.82 bits per heavy atom. The van der Waals surface area contributed by atoms with Crippen LogP contribution in [0, 0.1) is 5.92 Å². The molecule has 11 heavy (non-hydrogen) atoms. The van der Waals surface area contributed by atoms with E-state index in [0.29, 0.717) is 6.42 Å². The Morgan fingerprint density at radius 2 is 2.45 bits per heavy atom. The van der Waals surface area contributed by atoms with Crippen LogP contribution < -0.4 is 0 Å². The maximum absolute atomic E-state index is 10.3. The van der Waals surface area contributed by atoms with Crippen LogP contribution in [0.5, 0.6) is 0 Å². The summed E-state index contributed by atoms with van der Waals surface area (Å²) in [5.74, 6) is -0.316. The maximum atomic E-state index is 10.3. The number of rotatable bonds is 5. The van der Waals surface area contributed by atoms with Crippen molar-refractivity contribution < 1.29 is 14.6 Å². The third-order valence-electron chi connectivity index (χ3n) is 1.28. The first-order chi connectivity index (χ1) is 5.20. The van der Waals surface area contributed by atoms with Crippen molar-refractivity contribution in [2.75, 3.05) is 13.2 Å². The average Bonchev–Trinajstić information content (AvgIpc) is 1.97. The minimum atomic E-state index is -0.312. The molecule has 0 spiro atoms. The standard InChI is InChI=1S/C8H14O3/c1-3-4-8(5-9)6-11-7(2)10/h3,8-9H,1,4-6H2,2H3. The van der Waals surface area contributed by atoms with Crippen molar-refractivity contribution in [3.8, 4) is 0 Å². The molecule has 0 aromatic rings. The molecular weight excluding hydrogens is 144 g/mol. The number of aliphatic hydroxyl groups excluding tert-OH is 1. The van der Waals surface area contributed by atoms with Gasteiger partial charge in [0, 0.05) is 19.4 Å². The molecule has 0 aliphatic heterocycles. The highest BCUT2D eigenvalue weighted by atomic mass is 16.5. The number of carbonyl (C=O) groups excluding carboxylic acids is 1. The topological polar surface area (TPSA) is 46.5 Å². The van der Waals surface area contributed by atoms with Crippen LogP contribution in [0.1, 0.15) is 13.3 Å². The van der Waals surface area contributed by atoms with Crippen molar-refractivity contribution in [3.63, 3.8) is 0 Å². The molecule has 0 radical (unpaired) electrons. The number of allylic oxidation sites excluding steroid dienone is 1. The Bertz CT molecular complexity index is 131. The first kappa shape index (κ1) is 10.2. The number of hydrogen-bond acceptors (Lipinski definition) is 3. The molecule has 64 valence electrons. The van der Waals surface area contributed by atoms with Crippen LogP contribution in [-0.2, 0) is 9.53 Å². The number of hydrogen-bond donors (Lipinski definition) is 1. The van der Waals surface area contributed by atoms with Crippen LogP contribution in [0.4, 0.5) is 0 Å². The lowest BCUT2D eigenvalue weighted by molar-refractivity contribution is -0.142. The van der Waals surface area contributed by atoms with E-state index in [1.165, 1.54) is 6.92 Å². The van der Waals surface area contributed by atoms with Gasteiger partial charge in [0.15, 0.2) is 0 Å². The highest BCUT2D eigenvalue weighted by Gasteiger charge is 2.06. The van der Waals surface area contributed by atoms with Crippen molar-refractivity contribution >= 4 is 5.97 Å². The smallest absolute Gasteiger partial charge is 0.302 e. The molecule has 0 aromatic heterocycles. The monoisotopic (exact) mass is 158 g/mol. The van der Waals surface area contributed by atoms with E-state index >= 15 is 0 Å². The summed E-state index contributed by atoms with van der Waals surface area (Å²) >= 11 is 0. The molecule has 3 nitrogen and oxygen atoms in total. The lowest BCUT2D eigenvalue weighted by Crippen LogP contribution is -2.15. The summed E-state index contributed by atoms with van der Waals surface area (Å²) in [4.78, 5) is 10.3. The molecule has 0 aromatic carbocycles. The molecule has 0 heterocycles. The predicted octanol–water partition coefficient (Wildman–Crippen LogP) is 0.734. The second-order valence-electron chi connectivity index (χ2n) is 2.38. The summed E-state index contributed by atoms with van der Waals surface area (Å²) in [5.41, 5.74) is 0. The quantitative estimate of drug-likeness (QED) is 0.474. The molecule has 0 rings (SSSR count). The molecule has 0 amide bonds. The Morgan fingerprint density at radius 1 is 1.82 bits per heavy atom. The Hall–Kier alpha value is -0.830. The van der Waals surface area contributed by atoms with E-state index in [9.17, 15) is 4.79 Å². The fourth-order valence-electron chi connectivity index (χ4n) is 0.666. The molecule has 0 aliphatic carbocycles. The Labute approximate surface area is 66.7 Å². The second kappa shape index (κ2) is 5.92. The van der Waals surface area contributed by atoms with Gasteiger partial charge in [-0.25, -0.2) is 0 Å². The van der Waals surface area contributed by atoms with Gasteiger partial charge in [-0.2, -0.15) is 0 Å². The summed E-state index contributed by atoms with van der Waals surface area (Å²) in [6.45, 7) is 5.18. The van der Waals surface area contributed by atoms with Crippen LogP contribution in [0.2, 0.25) is 0 Å². The molecular formula is C8H14O3. The van der Waals surface area contributed by atoms with E-state index in [0.717, 1.165) is 0 Å². The van der Waals surface area contributed by atoms with Crippen LogP contribution >= 0.6 is 0 Å². The van der Waals surface area contributed by atoms with Gasteiger partial charge >= 0.3 is 5.97 Å². The summed E-state index contributed by atoms with van der Waals surface area (Å²) in [6.07, 6.45) is 2.37. The van der Waals surface area contributed by atoms with Crippen molar-refractivity contribution in [1.82, 2.24) is 0 Å². The van der Waals surface area contributed by atoms with Gasteiger partial charge in [0.25, 0.3) is 0 Å². The van der Waals surface area contributed by atoms with Gasteiger partial charge in [0.05, 0.1) is 6.61 Å². The van der Waals surface area contributed by atoms with E-state index in [1.54, 1.807) is 6.08 Å². The van der Waals surface area contributed by atoms with Crippen molar-refractivity contribution in [1.29, 1.82) is 0 Å². The largest absolute Gasteiger partial charge is 0.465 e. The molecule has 0 saturated heterocycles. The van der Waals surface area contributed by atoms with Crippen molar-refractivity contribution in [2.24, 2.45) is 5.92 Å². The van der Waals surface area contributed by atoms with E-state index in [4.69, 9.17) is 9.84 Å². The molecule has 0 aliphatic rings. The molecule has 0 bridgehead atoms. The van der Waals surface area contributed by atoms with Gasteiger partial charge in [0.1, 0.15) is 0 Å². The van der Waals surface area contributed by atoms with Gasteiger partial charge in [-0.15, -0.1) is 6.58 Å². The first-order valence-corrected chi connectivity index (χ1v) is 3.55. The Balaban J connectivity index is 3.51. The fourth-order valence-corrected chi connectivity index (χ4v) is 0.666. The minimum Gasteiger partial charge on any atom is -0.465 e. The van der Waals surface area contributed by atoms with Crippen LogP contribution in [0.3, 0.4) is 0 Å². The van der Waals surface area contributed by atoms with E-state index < -0.39 is 0 Å². The minimum absolute atomic E-state index is 0.00333. The van der Waals surface area contributed by atoms with Crippen molar-refractivity contribution in [3.05, 3.63) is 12.7 Å². The molecule has 1 N–H and O–H groups in total. The zero-order chi connectivity index (χ0) is 8.69. The van der Waals surface area contributed by atoms with Gasteiger partial charge in [-0.3, -0.25) is 4.79 Å². The van der Waals surface area contributed by atoms with Crippen LogP contribution in [0.15, 0.2) is 12.7 Å². The fraction of sp³-hybridized carbons (Fsp3) is 0.625. The predicted molar refractivity (Wildman–Crippen MR) is 42.0 cm³/mol. The maximum Gasteiger partial charge on any atom is 0.302 e. The second-order valence-corrected chi connectivity index (χ2v) is 2.38. The van der Waals surface area contributed by atoms with E-state index in [-0.39, 0.29) is 25.1 Å². The zero-order valence-corrected chi connectivity index (χ0v) is 6.75. The lowest BCUT2D eigenvalue weighted by Gasteiger charge is -2.10. The van der Waals surface area contributed by atoms with Crippen LogP contribution in [-0.4, -0.2) is 24.3 Å². The highest BCUT2D eigenvalue weighted by molar-refractivity contribution is 5.65. The molecule has 1 atom stereocenters.